The van der Waals surface area contributed by atoms with E-state index in [1.54, 1.807) is 18.2 Å². The standard InChI is InChI=1S/C39H24N4O2/c40-25-26-10-23-35-37(24-26)45-39(42-35)30-15-21-33(22-16-30)43(31-17-11-28(12-18-31)27-6-2-1-3-7-27)32-19-13-29(14-20-32)38-41-34-8-4-5-9-36(34)44-38/h1-24H. The van der Waals surface area contributed by atoms with E-state index in [0.717, 1.165) is 44.9 Å². The van der Waals surface area contributed by atoms with Crippen LogP contribution in [0.3, 0.4) is 0 Å². The minimum absolute atomic E-state index is 0.507. The summed E-state index contributed by atoms with van der Waals surface area (Å²) in [5.74, 6) is 1.10. The van der Waals surface area contributed by atoms with E-state index in [1.807, 2.05) is 54.6 Å². The fraction of sp³-hybridized carbons (Fsp3) is 0. The van der Waals surface area contributed by atoms with Gasteiger partial charge in [0.25, 0.3) is 0 Å². The van der Waals surface area contributed by atoms with Crippen molar-refractivity contribution < 1.29 is 8.83 Å². The lowest BCUT2D eigenvalue weighted by atomic mass is 10.0. The summed E-state index contributed by atoms with van der Waals surface area (Å²) in [5, 5.41) is 9.24. The summed E-state index contributed by atoms with van der Waals surface area (Å²) in [6.45, 7) is 0. The summed E-state index contributed by atoms with van der Waals surface area (Å²) >= 11 is 0. The van der Waals surface area contributed by atoms with Crippen molar-refractivity contribution in [1.29, 1.82) is 5.26 Å². The fourth-order valence-corrected chi connectivity index (χ4v) is 5.50. The average Bonchev–Trinajstić information content (AvgIpc) is 3.74. The first-order chi connectivity index (χ1) is 22.2. The summed E-state index contributed by atoms with van der Waals surface area (Å²) in [6, 6.07) is 50.5. The van der Waals surface area contributed by atoms with Crippen molar-refractivity contribution in [2.75, 3.05) is 4.90 Å². The molecule has 0 unspecified atom stereocenters. The molecule has 2 heterocycles. The number of nitrogens with zero attached hydrogens (tertiary/aromatic N) is 4. The number of rotatable bonds is 6. The van der Waals surface area contributed by atoms with Gasteiger partial charge in [-0.3, -0.25) is 0 Å². The second kappa shape index (κ2) is 11.0. The summed E-state index contributed by atoms with van der Waals surface area (Å²) in [5.41, 5.74) is 10.5. The van der Waals surface area contributed by atoms with Gasteiger partial charge in [-0.2, -0.15) is 5.26 Å². The van der Waals surface area contributed by atoms with Crippen LogP contribution in [0.4, 0.5) is 17.1 Å². The number of para-hydroxylation sites is 2. The number of benzene rings is 6. The van der Waals surface area contributed by atoms with E-state index in [4.69, 9.17) is 8.83 Å². The molecule has 0 saturated carbocycles. The molecule has 0 spiro atoms. The second-order valence-corrected chi connectivity index (χ2v) is 10.6. The first kappa shape index (κ1) is 26.2. The number of aromatic nitrogens is 2. The van der Waals surface area contributed by atoms with Crippen LogP contribution in [-0.4, -0.2) is 9.97 Å². The monoisotopic (exact) mass is 580 g/mol. The molecular formula is C39H24N4O2. The van der Waals surface area contributed by atoms with Gasteiger partial charge in [0.1, 0.15) is 11.0 Å². The molecule has 0 fully saturated rings. The SMILES string of the molecule is N#Cc1ccc2nc(-c3ccc(N(c4ccc(-c5ccccc5)cc4)c4ccc(-c5nc6ccccc6o5)cc4)cc3)oc2c1. The van der Waals surface area contributed by atoms with E-state index in [0.29, 0.717) is 28.4 Å². The molecule has 6 nitrogen and oxygen atoms in total. The van der Waals surface area contributed by atoms with E-state index in [2.05, 4.69) is 93.7 Å². The van der Waals surface area contributed by atoms with Crippen LogP contribution in [0.2, 0.25) is 0 Å². The third-order valence-corrected chi connectivity index (χ3v) is 7.79. The molecule has 0 aliphatic heterocycles. The quantitative estimate of drug-likeness (QED) is 0.195. The van der Waals surface area contributed by atoms with E-state index in [9.17, 15) is 5.26 Å². The third-order valence-electron chi connectivity index (χ3n) is 7.79. The van der Waals surface area contributed by atoms with E-state index < -0.39 is 0 Å². The van der Waals surface area contributed by atoms with Crippen LogP contribution >= 0.6 is 0 Å². The molecule has 0 amide bonds. The minimum atomic E-state index is 0.507. The van der Waals surface area contributed by atoms with Gasteiger partial charge in [-0.15, -0.1) is 0 Å². The number of oxazole rings is 2. The normalized spacial score (nSPS) is 11.1. The number of anilines is 3. The molecule has 212 valence electrons. The van der Waals surface area contributed by atoms with Crippen molar-refractivity contribution in [1.82, 2.24) is 9.97 Å². The lowest BCUT2D eigenvalue weighted by Gasteiger charge is -2.26. The maximum atomic E-state index is 9.24. The zero-order valence-corrected chi connectivity index (χ0v) is 24.0. The molecule has 45 heavy (non-hydrogen) atoms. The van der Waals surface area contributed by atoms with Crippen LogP contribution in [0.1, 0.15) is 5.56 Å². The Hall–Kier alpha value is -6.45. The van der Waals surface area contributed by atoms with Gasteiger partial charge < -0.3 is 13.7 Å². The highest BCUT2D eigenvalue weighted by atomic mass is 16.4. The van der Waals surface area contributed by atoms with Crippen LogP contribution in [0, 0.1) is 11.3 Å². The van der Waals surface area contributed by atoms with Crippen LogP contribution < -0.4 is 4.90 Å². The average molecular weight is 581 g/mol. The molecule has 0 atom stereocenters. The van der Waals surface area contributed by atoms with Gasteiger partial charge in [-0.1, -0.05) is 54.6 Å². The molecule has 0 radical (unpaired) electrons. The largest absolute Gasteiger partial charge is 0.436 e. The van der Waals surface area contributed by atoms with Crippen molar-refractivity contribution in [2.45, 2.75) is 0 Å². The number of hydrogen-bond donors (Lipinski definition) is 0. The molecule has 0 N–H and O–H groups in total. The zero-order valence-electron chi connectivity index (χ0n) is 24.0. The third kappa shape index (κ3) is 4.99. The molecule has 6 aromatic carbocycles. The first-order valence-corrected chi connectivity index (χ1v) is 14.5. The van der Waals surface area contributed by atoms with Gasteiger partial charge >= 0.3 is 0 Å². The Morgan fingerprint density at radius 2 is 0.956 bits per heavy atom. The Kier molecular flexibility index (Phi) is 6.40. The van der Waals surface area contributed by atoms with Gasteiger partial charge in [0.05, 0.1) is 11.6 Å². The summed E-state index contributed by atoms with van der Waals surface area (Å²) in [4.78, 5) is 11.5. The smallest absolute Gasteiger partial charge is 0.227 e. The van der Waals surface area contributed by atoms with Crippen molar-refractivity contribution in [2.24, 2.45) is 0 Å². The number of nitriles is 1. The molecule has 8 rings (SSSR count). The highest BCUT2D eigenvalue weighted by Crippen LogP contribution is 2.38. The number of fused-ring (bicyclic) bond motifs is 2. The Bertz CT molecular complexity index is 2280. The first-order valence-electron chi connectivity index (χ1n) is 14.5. The Morgan fingerprint density at radius 3 is 1.53 bits per heavy atom. The molecule has 0 bridgehead atoms. The Balaban J connectivity index is 1.16. The van der Waals surface area contributed by atoms with Crippen molar-refractivity contribution >= 4 is 39.3 Å². The van der Waals surface area contributed by atoms with Crippen LogP contribution in [0.15, 0.2) is 154 Å². The zero-order chi connectivity index (χ0) is 30.2. The van der Waals surface area contributed by atoms with Crippen molar-refractivity contribution in [3.05, 3.63) is 151 Å². The molecule has 0 saturated heterocycles. The van der Waals surface area contributed by atoms with Gasteiger partial charge in [0, 0.05) is 34.3 Å². The van der Waals surface area contributed by atoms with Gasteiger partial charge in [0.2, 0.25) is 11.8 Å². The molecular weight excluding hydrogens is 556 g/mol. The highest BCUT2D eigenvalue weighted by Gasteiger charge is 2.16. The van der Waals surface area contributed by atoms with Crippen LogP contribution in [0.5, 0.6) is 0 Å². The highest BCUT2D eigenvalue weighted by molar-refractivity contribution is 5.82. The van der Waals surface area contributed by atoms with Gasteiger partial charge in [0.15, 0.2) is 11.2 Å². The molecule has 2 aromatic heterocycles. The number of hydrogen-bond acceptors (Lipinski definition) is 6. The molecule has 0 aliphatic carbocycles. The predicted octanol–water partition coefficient (Wildman–Crippen LogP) is 10.3. The predicted molar refractivity (Wildman–Crippen MR) is 177 cm³/mol. The van der Waals surface area contributed by atoms with Gasteiger partial charge in [-0.05, 0) is 96.1 Å². The van der Waals surface area contributed by atoms with Gasteiger partial charge in [-0.25, -0.2) is 9.97 Å². The molecule has 0 aliphatic rings. The Morgan fingerprint density at radius 1 is 0.467 bits per heavy atom. The Labute approximate surface area is 259 Å². The minimum Gasteiger partial charge on any atom is -0.436 e. The molecule has 8 aromatic rings. The molecule has 6 heteroatoms. The van der Waals surface area contributed by atoms with Crippen LogP contribution in [-0.2, 0) is 0 Å². The summed E-state index contributed by atoms with van der Waals surface area (Å²) in [6.07, 6.45) is 0. The van der Waals surface area contributed by atoms with Crippen molar-refractivity contribution in [3.63, 3.8) is 0 Å². The fourth-order valence-electron chi connectivity index (χ4n) is 5.50. The van der Waals surface area contributed by atoms with Crippen molar-refractivity contribution in [3.8, 4) is 40.1 Å². The maximum absolute atomic E-state index is 9.24. The van der Waals surface area contributed by atoms with Crippen LogP contribution in [0.25, 0.3) is 56.2 Å². The second-order valence-electron chi connectivity index (χ2n) is 10.6. The lowest BCUT2D eigenvalue weighted by Crippen LogP contribution is -2.09. The summed E-state index contributed by atoms with van der Waals surface area (Å²) in [7, 11) is 0. The van der Waals surface area contributed by atoms with E-state index in [-0.39, 0.29) is 0 Å². The lowest BCUT2D eigenvalue weighted by molar-refractivity contribution is 0.619. The topological polar surface area (TPSA) is 79.1 Å². The summed E-state index contributed by atoms with van der Waals surface area (Å²) < 4.78 is 12.0. The van der Waals surface area contributed by atoms with E-state index >= 15 is 0 Å². The maximum Gasteiger partial charge on any atom is 0.227 e. The van der Waals surface area contributed by atoms with E-state index in [1.165, 1.54) is 5.56 Å².